The quantitative estimate of drug-likeness (QED) is 0.820. The molecule has 2 saturated heterocycles. The van der Waals surface area contributed by atoms with Gasteiger partial charge in [0, 0.05) is 17.7 Å². The van der Waals surface area contributed by atoms with E-state index in [1.165, 1.54) is 37.9 Å². The Morgan fingerprint density at radius 2 is 2.17 bits per heavy atom. The third kappa shape index (κ3) is 2.69. The van der Waals surface area contributed by atoms with Gasteiger partial charge in [-0.25, -0.2) is 0 Å². The zero-order valence-corrected chi connectivity index (χ0v) is 11.9. The van der Waals surface area contributed by atoms with Gasteiger partial charge in [0.15, 0.2) is 0 Å². The van der Waals surface area contributed by atoms with Crippen molar-refractivity contribution in [1.82, 2.24) is 10.6 Å². The van der Waals surface area contributed by atoms with Crippen LogP contribution in [0.2, 0.25) is 0 Å². The van der Waals surface area contributed by atoms with Crippen LogP contribution in [-0.4, -0.2) is 36.5 Å². The molecule has 3 rings (SSSR count). The van der Waals surface area contributed by atoms with Gasteiger partial charge in [-0.05, 0) is 56.4 Å². The van der Waals surface area contributed by atoms with Gasteiger partial charge in [0.25, 0.3) is 0 Å². The number of piperidine rings is 1. The van der Waals surface area contributed by atoms with Crippen LogP contribution >= 0.6 is 11.8 Å². The van der Waals surface area contributed by atoms with Gasteiger partial charge in [0.05, 0.1) is 0 Å². The molecule has 0 aromatic heterocycles. The molecular formula is C14H24N2OS. The van der Waals surface area contributed by atoms with Crippen molar-refractivity contribution in [3.05, 3.63) is 0 Å². The molecule has 2 heterocycles. The maximum Gasteiger partial charge on any atom is 0.223 e. The number of carbonyl (C=O) groups excluding carboxylic acids is 1. The molecule has 2 N–H and O–H groups in total. The maximum atomic E-state index is 12.2. The fourth-order valence-electron chi connectivity index (χ4n) is 3.50. The zero-order chi connectivity index (χ0) is 12.4. The molecule has 0 bridgehead atoms. The van der Waals surface area contributed by atoms with Gasteiger partial charge in [-0.15, -0.1) is 0 Å². The molecule has 0 radical (unpaired) electrons. The molecule has 2 unspecified atom stereocenters. The molecule has 2 aliphatic heterocycles. The third-order valence-corrected chi connectivity index (χ3v) is 6.28. The average Bonchev–Trinajstić information content (AvgIpc) is 3.12. The number of carbonyl (C=O) groups is 1. The van der Waals surface area contributed by atoms with Crippen molar-refractivity contribution in [3.8, 4) is 0 Å². The lowest BCUT2D eigenvalue weighted by Crippen LogP contribution is -2.36. The highest BCUT2D eigenvalue weighted by molar-refractivity contribution is 7.99. The van der Waals surface area contributed by atoms with E-state index in [0.29, 0.717) is 22.5 Å². The molecule has 0 aromatic carbocycles. The number of amides is 1. The predicted molar refractivity (Wildman–Crippen MR) is 75.8 cm³/mol. The van der Waals surface area contributed by atoms with Crippen LogP contribution in [0.1, 0.15) is 38.5 Å². The molecule has 2 atom stereocenters. The van der Waals surface area contributed by atoms with Crippen LogP contribution in [0.4, 0.5) is 0 Å². The van der Waals surface area contributed by atoms with Crippen molar-refractivity contribution in [3.63, 3.8) is 0 Å². The monoisotopic (exact) mass is 268 g/mol. The number of hydrogen-bond acceptors (Lipinski definition) is 3. The van der Waals surface area contributed by atoms with E-state index in [4.69, 9.17) is 0 Å². The Bertz CT molecular complexity index is 309. The lowest BCUT2D eigenvalue weighted by atomic mass is 9.92. The Balaban J connectivity index is 1.42. The van der Waals surface area contributed by atoms with Crippen molar-refractivity contribution in [2.24, 2.45) is 11.3 Å². The van der Waals surface area contributed by atoms with Crippen LogP contribution in [0.25, 0.3) is 0 Å². The van der Waals surface area contributed by atoms with Crippen LogP contribution in [0.3, 0.4) is 0 Å². The van der Waals surface area contributed by atoms with Crippen molar-refractivity contribution >= 4 is 17.7 Å². The second-order valence-electron chi connectivity index (χ2n) is 6.10. The molecule has 102 valence electrons. The van der Waals surface area contributed by atoms with E-state index in [0.717, 1.165) is 26.1 Å². The van der Waals surface area contributed by atoms with Crippen molar-refractivity contribution in [2.45, 2.75) is 43.8 Å². The SMILES string of the molecule is O=C(NCC1CCCCS1)C1CC12CCNCC2. The fraction of sp³-hybridized carbons (Fsp3) is 0.929. The molecule has 0 aromatic rings. The normalized spacial score (nSPS) is 34.2. The van der Waals surface area contributed by atoms with Crippen molar-refractivity contribution < 1.29 is 4.79 Å². The summed E-state index contributed by atoms with van der Waals surface area (Å²) in [5.41, 5.74) is 0.384. The fourth-order valence-corrected chi connectivity index (χ4v) is 4.74. The summed E-state index contributed by atoms with van der Waals surface area (Å²) in [4.78, 5) is 12.2. The van der Waals surface area contributed by atoms with Gasteiger partial charge >= 0.3 is 0 Å². The smallest absolute Gasteiger partial charge is 0.223 e. The first-order chi connectivity index (χ1) is 8.80. The summed E-state index contributed by atoms with van der Waals surface area (Å²) in [6.45, 7) is 3.10. The van der Waals surface area contributed by atoms with Gasteiger partial charge in [-0.1, -0.05) is 6.42 Å². The van der Waals surface area contributed by atoms with E-state index >= 15 is 0 Å². The molecule has 1 saturated carbocycles. The molecule has 3 nitrogen and oxygen atoms in total. The van der Waals surface area contributed by atoms with Crippen molar-refractivity contribution in [2.75, 3.05) is 25.4 Å². The molecule has 4 heteroatoms. The second-order valence-corrected chi connectivity index (χ2v) is 7.51. The first-order valence-electron chi connectivity index (χ1n) is 7.40. The summed E-state index contributed by atoms with van der Waals surface area (Å²) < 4.78 is 0. The highest BCUT2D eigenvalue weighted by atomic mass is 32.2. The number of hydrogen-bond donors (Lipinski definition) is 2. The van der Waals surface area contributed by atoms with Gasteiger partial charge in [0.2, 0.25) is 5.91 Å². The summed E-state index contributed by atoms with van der Waals surface area (Å²) in [6, 6.07) is 0. The summed E-state index contributed by atoms with van der Waals surface area (Å²) >= 11 is 2.04. The molecule has 18 heavy (non-hydrogen) atoms. The number of thioether (sulfide) groups is 1. The summed E-state index contributed by atoms with van der Waals surface area (Å²) in [7, 11) is 0. The van der Waals surface area contributed by atoms with E-state index < -0.39 is 0 Å². The van der Waals surface area contributed by atoms with Crippen LogP contribution < -0.4 is 10.6 Å². The maximum absolute atomic E-state index is 12.2. The van der Waals surface area contributed by atoms with Crippen LogP contribution in [-0.2, 0) is 4.79 Å². The van der Waals surface area contributed by atoms with Gasteiger partial charge in [0.1, 0.15) is 0 Å². The molecule has 1 aliphatic carbocycles. The minimum absolute atomic E-state index is 0.327. The molecule has 1 amide bonds. The first-order valence-corrected chi connectivity index (χ1v) is 8.45. The first kappa shape index (κ1) is 12.8. The van der Waals surface area contributed by atoms with E-state index in [1.807, 2.05) is 11.8 Å². The minimum Gasteiger partial charge on any atom is -0.355 e. The minimum atomic E-state index is 0.327. The largest absolute Gasteiger partial charge is 0.355 e. The Kier molecular flexibility index (Phi) is 3.85. The van der Waals surface area contributed by atoms with E-state index in [2.05, 4.69) is 10.6 Å². The molecule has 3 aliphatic rings. The Labute approximate surface area is 114 Å². The topological polar surface area (TPSA) is 41.1 Å². The zero-order valence-electron chi connectivity index (χ0n) is 11.0. The van der Waals surface area contributed by atoms with Gasteiger partial charge in [-0.2, -0.15) is 11.8 Å². The van der Waals surface area contributed by atoms with Crippen molar-refractivity contribution in [1.29, 1.82) is 0 Å². The summed E-state index contributed by atoms with van der Waals surface area (Å²) in [5.74, 6) is 1.94. The standard InChI is InChI=1S/C14H24N2OS/c17-13(16-10-11-3-1-2-8-18-11)12-9-14(12)4-6-15-7-5-14/h11-12,15H,1-10H2,(H,16,17). The molecule has 3 fully saturated rings. The van der Waals surface area contributed by atoms with E-state index in [-0.39, 0.29) is 0 Å². The lowest BCUT2D eigenvalue weighted by molar-refractivity contribution is -0.123. The molecular weight excluding hydrogens is 244 g/mol. The highest BCUT2D eigenvalue weighted by Gasteiger charge is 2.57. The third-order valence-electron chi connectivity index (χ3n) is 4.88. The molecule has 1 spiro atoms. The highest BCUT2D eigenvalue weighted by Crippen LogP contribution is 2.58. The van der Waals surface area contributed by atoms with E-state index in [9.17, 15) is 4.79 Å². The number of rotatable bonds is 3. The lowest BCUT2D eigenvalue weighted by Gasteiger charge is -2.24. The van der Waals surface area contributed by atoms with E-state index in [1.54, 1.807) is 0 Å². The van der Waals surface area contributed by atoms with Gasteiger partial charge in [-0.3, -0.25) is 4.79 Å². The van der Waals surface area contributed by atoms with Gasteiger partial charge < -0.3 is 10.6 Å². The number of nitrogens with one attached hydrogen (secondary N) is 2. The van der Waals surface area contributed by atoms with Crippen LogP contribution in [0.15, 0.2) is 0 Å². The summed E-state index contributed by atoms with van der Waals surface area (Å²) in [6.07, 6.45) is 7.51. The average molecular weight is 268 g/mol. The second kappa shape index (κ2) is 5.41. The predicted octanol–water partition coefficient (Wildman–Crippen LogP) is 1.78. The summed E-state index contributed by atoms with van der Waals surface area (Å²) in [5, 5.41) is 7.27. The Hall–Kier alpha value is -0.220. The van der Waals surface area contributed by atoms with Crippen LogP contribution in [0, 0.1) is 11.3 Å². The Morgan fingerprint density at radius 1 is 1.33 bits per heavy atom. The Morgan fingerprint density at radius 3 is 2.89 bits per heavy atom. The van der Waals surface area contributed by atoms with Crippen LogP contribution in [0.5, 0.6) is 0 Å².